The average Bonchev–Trinajstić information content (AvgIpc) is 3.72. The van der Waals surface area contributed by atoms with Crippen molar-refractivity contribution in [1.29, 1.82) is 0 Å². The minimum absolute atomic E-state index is 0. The fourth-order valence-corrected chi connectivity index (χ4v) is 8.14. The molecule has 0 radical (unpaired) electrons. The zero-order chi connectivity index (χ0) is 38.4. The molecule has 1 fully saturated rings. The number of phenolic OH excluding ortho intramolecular Hbond substituents is 1. The summed E-state index contributed by atoms with van der Waals surface area (Å²) in [6.45, 7) is 6.62. The first-order valence-corrected chi connectivity index (χ1v) is 18.7. The topological polar surface area (TPSA) is 104 Å². The number of carbonyl (C=O) groups is 2. The number of morpholine rings is 1. The number of fused-ring (bicyclic) bond motifs is 2. The van der Waals surface area contributed by atoms with Gasteiger partial charge in [0.25, 0.3) is 11.8 Å². The molecule has 11 nitrogen and oxygen atoms in total. The number of methoxy groups -OCH3 is 1. The monoisotopic (exact) mass is 780 g/mol. The van der Waals surface area contributed by atoms with E-state index in [1.54, 1.807) is 29.3 Å². The van der Waals surface area contributed by atoms with Crippen molar-refractivity contribution in [3.05, 3.63) is 118 Å². The Morgan fingerprint density at radius 1 is 0.946 bits per heavy atom. The van der Waals surface area contributed by atoms with Gasteiger partial charge in [0.15, 0.2) is 11.6 Å². The summed E-state index contributed by atoms with van der Waals surface area (Å²) in [5, 5.41) is 10.1. The Labute approximate surface area is 332 Å². The standard InChI is InChI=1S/C43H45FN6O5.ClH/c1-27-35(43(53)50(31-9-11-34(51)12-10-31)32-20-29-13-14-46(2)41(29)45-24-32)22-39(47(27)3)36-21-38(44)40(54-4)23-37(36)42(52)49-25-30-8-6-5-7-28(30)19-33(49)26-48-15-17-55-18-16-48;/h5-12,20-24,33,51H,13-19,25-26H2,1-4H3;1H/t33-;/m0./s1. The summed E-state index contributed by atoms with van der Waals surface area (Å²) >= 11 is 0. The van der Waals surface area contributed by atoms with Gasteiger partial charge in [-0.25, -0.2) is 9.37 Å². The molecule has 3 aliphatic heterocycles. The Balaban J connectivity index is 0.00000480. The van der Waals surface area contributed by atoms with E-state index < -0.39 is 5.82 Å². The quantitative estimate of drug-likeness (QED) is 0.190. The van der Waals surface area contributed by atoms with Crippen molar-refractivity contribution in [3.63, 3.8) is 0 Å². The van der Waals surface area contributed by atoms with Crippen LogP contribution in [0.15, 0.2) is 79.0 Å². The number of rotatable bonds is 8. The van der Waals surface area contributed by atoms with E-state index in [0.29, 0.717) is 66.6 Å². The summed E-state index contributed by atoms with van der Waals surface area (Å²) in [5.74, 6) is -0.278. The average molecular weight is 781 g/mol. The van der Waals surface area contributed by atoms with E-state index in [0.717, 1.165) is 43.0 Å². The van der Waals surface area contributed by atoms with Crippen LogP contribution < -0.4 is 14.5 Å². The highest BCUT2D eigenvalue weighted by atomic mass is 35.5. The van der Waals surface area contributed by atoms with Crippen LogP contribution in [0.1, 0.15) is 43.1 Å². The van der Waals surface area contributed by atoms with Crippen molar-refractivity contribution >= 4 is 41.4 Å². The molecule has 8 rings (SSSR count). The number of hydrogen-bond donors (Lipinski definition) is 1. The highest BCUT2D eigenvalue weighted by Gasteiger charge is 2.35. The van der Waals surface area contributed by atoms with Crippen molar-refractivity contribution < 1.29 is 28.6 Å². The third-order valence-corrected chi connectivity index (χ3v) is 11.3. The molecule has 2 aromatic heterocycles. The Hall–Kier alpha value is -5.43. The zero-order valence-corrected chi connectivity index (χ0v) is 32.8. The van der Waals surface area contributed by atoms with E-state index in [1.165, 1.54) is 36.9 Å². The highest BCUT2D eigenvalue weighted by Crippen LogP contribution is 2.38. The van der Waals surface area contributed by atoms with Crippen LogP contribution in [-0.2, 0) is 31.2 Å². The highest BCUT2D eigenvalue weighted by molar-refractivity contribution is 6.12. The summed E-state index contributed by atoms with van der Waals surface area (Å²) in [7, 11) is 5.19. The number of pyridine rings is 1. The smallest absolute Gasteiger partial charge is 0.264 e. The summed E-state index contributed by atoms with van der Waals surface area (Å²) in [4.78, 5) is 42.4. The third-order valence-electron chi connectivity index (χ3n) is 11.3. The van der Waals surface area contributed by atoms with Crippen molar-refractivity contribution in [2.75, 3.05) is 63.4 Å². The van der Waals surface area contributed by atoms with Gasteiger partial charge >= 0.3 is 0 Å². The minimum atomic E-state index is -0.616. The van der Waals surface area contributed by atoms with Gasteiger partial charge in [0.1, 0.15) is 11.6 Å². The van der Waals surface area contributed by atoms with Gasteiger partial charge in [-0.1, -0.05) is 24.3 Å². The van der Waals surface area contributed by atoms with E-state index in [1.807, 2.05) is 48.7 Å². The normalized spacial score (nSPS) is 16.6. The third kappa shape index (κ3) is 7.20. The van der Waals surface area contributed by atoms with Crippen LogP contribution >= 0.6 is 12.4 Å². The van der Waals surface area contributed by atoms with Crippen molar-refractivity contribution in [2.45, 2.75) is 32.4 Å². The molecule has 3 aromatic carbocycles. The number of carbonyl (C=O) groups excluding carboxylic acids is 2. The van der Waals surface area contributed by atoms with E-state index >= 15 is 4.39 Å². The lowest BCUT2D eigenvalue weighted by molar-refractivity contribution is 0.0193. The van der Waals surface area contributed by atoms with Crippen molar-refractivity contribution in [1.82, 2.24) is 19.4 Å². The molecule has 0 spiro atoms. The molecule has 3 aliphatic rings. The first kappa shape index (κ1) is 38.8. The minimum Gasteiger partial charge on any atom is -0.508 e. The van der Waals surface area contributed by atoms with Gasteiger partial charge in [0.2, 0.25) is 0 Å². The van der Waals surface area contributed by atoms with Crippen LogP contribution in [0, 0.1) is 12.7 Å². The summed E-state index contributed by atoms with van der Waals surface area (Å²) in [6.07, 6.45) is 3.18. The summed E-state index contributed by atoms with van der Waals surface area (Å²) in [6, 6.07) is 21.1. The Kier molecular flexibility index (Phi) is 11.1. The molecule has 0 aliphatic carbocycles. The number of anilines is 3. The molecule has 1 N–H and O–H groups in total. The maximum absolute atomic E-state index is 15.8. The number of hydrogen-bond acceptors (Lipinski definition) is 8. The van der Waals surface area contributed by atoms with Gasteiger partial charge in [0, 0.05) is 75.5 Å². The van der Waals surface area contributed by atoms with Crippen LogP contribution in [0.2, 0.25) is 0 Å². The number of nitrogens with zero attached hydrogens (tertiary/aromatic N) is 6. The first-order valence-electron chi connectivity index (χ1n) is 18.7. The van der Waals surface area contributed by atoms with Crippen LogP contribution in [0.5, 0.6) is 11.5 Å². The molecule has 56 heavy (non-hydrogen) atoms. The molecule has 0 saturated carbocycles. The summed E-state index contributed by atoms with van der Waals surface area (Å²) in [5.41, 5.74) is 6.60. The lowest BCUT2D eigenvalue weighted by Gasteiger charge is -2.40. The van der Waals surface area contributed by atoms with E-state index in [4.69, 9.17) is 14.5 Å². The lowest BCUT2D eigenvalue weighted by atomic mass is 9.92. The van der Waals surface area contributed by atoms with Gasteiger partial charge in [0.05, 0.1) is 43.3 Å². The second kappa shape index (κ2) is 16.0. The van der Waals surface area contributed by atoms with Gasteiger partial charge < -0.3 is 28.9 Å². The molecule has 0 unspecified atom stereocenters. The maximum atomic E-state index is 15.8. The number of aromatic nitrogens is 2. The van der Waals surface area contributed by atoms with Gasteiger partial charge in [-0.2, -0.15) is 0 Å². The van der Waals surface area contributed by atoms with Crippen molar-refractivity contribution in [2.24, 2.45) is 7.05 Å². The predicted octanol–water partition coefficient (Wildman–Crippen LogP) is 6.54. The van der Waals surface area contributed by atoms with Gasteiger partial charge in [-0.05, 0) is 85.0 Å². The molecule has 13 heteroatoms. The van der Waals surface area contributed by atoms with E-state index in [9.17, 15) is 14.7 Å². The fourth-order valence-electron chi connectivity index (χ4n) is 8.14. The molecule has 5 aromatic rings. The largest absolute Gasteiger partial charge is 0.508 e. The molecule has 2 amide bonds. The summed E-state index contributed by atoms with van der Waals surface area (Å²) < 4.78 is 28.6. The first-order chi connectivity index (χ1) is 26.6. The molecule has 1 atom stereocenters. The van der Waals surface area contributed by atoms with Crippen LogP contribution in [0.4, 0.5) is 21.6 Å². The maximum Gasteiger partial charge on any atom is 0.264 e. The molecule has 1 saturated heterocycles. The lowest BCUT2D eigenvalue weighted by Crippen LogP contribution is -2.52. The van der Waals surface area contributed by atoms with Crippen LogP contribution in [0.25, 0.3) is 11.3 Å². The van der Waals surface area contributed by atoms with E-state index in [-0.39, 0.29) is 47.3 Å². The Bertz CT molecular complexity index is 2270. The fraction of sp³-hybridized carbons (Fsp3) is 0.326. The number of ether oxygens (including phenoxy) is 2. The number of benzene rings is 3. The Morgan fingerprint density at radius 3 is 2.41 bits per heavy atom. The molecular weight excluding hydrogens is 735 g/mol. The van der Waals surface area contributed by atoms with Gasteiger partial charge in [-0.15, -0.1) is 12.4 Å². The number of halogens is 2. The number of aromatic hydroxyl groups is 1. The molecular formula is C43H46ClFN6O5. The molecule has 5 heterocycles. The molecule has 292 valence electrons. The molecule has 0 bridgehead atoms. The number of amides is 2. The second-order valence-corrected chi connectivity index (χ2v) is 14.6. The zero-order valence-electron chi connectivity index (χ0n) is 32.0. The van der Waals surface area contributed by atoms with Gasteiger partial charge in [-0.3, -0.25) is 19.4 Å². The second-order valence-electron chi connectivity index (χ2n) is 14.6. The number of phenols is 1. The SMILES string of the molecule is COc1cc(C(=O)N2Cc3ccccc3C[C@H]2CN2CCOCC2)c(-c2cc(C(=O)N(c3ccc(O)cc3)c3cnc4c(c3)CCN4C)c(C)n2C)cc1F.Cl. The van der Waals surface area contributed by atoms with Crippen LogP contribution in [0.3, 0.4) is 0 Å². The van der Waals surface area contributed by atoms with E-state index in [2.05, 4.69) is 21.9 Å². The van der Waals surface area contributed by atoms with Crippen LogP contribution in [-0.4, -0.2) is 95.9 Å². The predicted molar refractivity (Wildman–Crippen MR) is 216 cm³/mol. The Morgan fingerprint density at radius 2 is 1.68 bits per heavy atom. The number of likely N-dealkylation sites (N-methyl/N-ethyl adjacent to an activating group) is 1. The van der Waals surface area contributed by atoms with Crippen molar-refractivity contribution in [3.8, 4) is 22.8 Å².